The molecular weight excluding hydrogens is 410 g/mol. The number of para-hydroxylation sites is 2. The van der Waals surface area contributed by atoms with E-state index in [9.17, 15) is 4.79 Å². The van der Waals surface area contributed by atoms with E-state index in [0.717, 1.165) is 21.5 Å². The van der Waals surface area contributed by atoms with Crippen molar-refractivity contribution in [2.75, 3.05) is 4.90 Å². The maximum Gasteiger partial charge on any atom is 0.274 e. The Balaban J connectivity index is 1.52. The molecule has 2 unspecified atom stereocenters. The second kappa shape index (κ2) is 8.00. The van der Waals surface area contributed by atoms with Gasteiger partial charge in [0.2, 0.25) is 6.10 Å². The van der Waals surface area contributed by atoms with E-state index in [2.05, 4.69) is 11.1 Å². The fraction of sp³-hybridized carbons (Fsp3) is 0.208. The van der Waals surface area contributed by atoms with Gasteiger partial charge in [0, 0.05) is 6.20 Å². The Morgan fingerprint density at radius 1 is 1.06 bits per heavy atom. The van der Waals surface area contributed by atoms with Gasteiger partial charge in [-0.25, -0.2) is 4.98 Å². The molecule has 2 aromatic carbocycles. The number of pyridine rings is 1. The molecule has 2 aromatic heterocycles. The predicted octanol–water partition coefficient (Wildman–Crippen LogP) is 4.76. The van der Waals surface area contributed by atoms with Crippen LogP contribution in [0.4, 0.5) is 5.13 Å². The van der Waals surface area contributed by atoms with E-state index in [1.807, 2.05) is 68.4 Å². The smallest absolute Gasteiger partial charge is 0.274 e. The summed E-state index contributed by atoms with van der Waals surface area (Å²) in [5.41, 5.74) is 2.79. The van der Waals surface area contributed by atoms with E-state index in [0.29, 0.717) is 23.2 Å². The van der Waals surface area contributed by atoms with Gasteiger partial charge in [-0.3, -0.25) is 14.7 Å². The van der Waals surface area contributed by atoms with Crippen LogP contribution in [0.25, 0.3) is 10.2 Å². The maximum absolute atomic E-state index is 13.7. The molecule has 0 aliphatic carbocycles. The second-order valence-electron chi connectivity index (χ2n) is 7.52. The number of carbonyl (C=O) groups excluding carboxylic acids is 1. The summed E-state index contributed by atoms with van der Waals surface area (Å²) in [4.78, 5) is 24.5. The minimum Gasteiger partial charge on any atom is -0.482 e. The minimum atomic E-state index is -0.785. The normalized spacial score (nSPS) is 17.5. The number of fused-ring (bicyclic) bond motifs is 2. The largest absolute Gasteiger partial charge is 0.482 e. The Morgan fingerprint density at radius 2 is 1.84 bits per heavy atom. The number of benzene rings is 2. The molecule has 0 saturated carbocycles. The highest BCUT2D eigenvalue weighted by molar-refractivity contribution is 7.22. The number of carbonyl (C=O) groups is 1. The number of thiazole rings is 1. The first-order valence-corrected chi connectivity index (χ1v) is 10.9. The van der Waals surface area contributed by atoms with Crippen molar-refractivity contribution in [3.8, 4) is 11.5 Å². The number of anilines is 1. The summed E-state index contributed by atoms with van der Waals surface area (Å²) >= 11 is 1.49. The predicted molar refractivity (Wildman–Crippen MR) is 121 cm³/mol. The summed E-state index contributed by atoms with van der Waals surface area (Å²) < 4.78 is 13.1. The summed E-state index contributed by atoms with van der Waals surface area (Å²) in [6.07, 6.45) is 0.497. The number of hydrogen-bond donors (Lipinski definition) is 0. The van der Waals surface area contributed by atoms with Crippen LogP contribution in [0.5, 0.6) is 11.5 Å². The molecule has 1 amide bonds. The number of aromatic nitrogens is 2. The topological polar surface area (TPSA) is 64.6 Å². The Morgan fingerprint density at radius 3 is 2.61 bits per heavy atom. The lowest BCUT2D eigenvalue weighted by Crippen LogP contribution is -2.50. The van der Waals surface area contributed by atoms with Crippen LogP contribution in [0.15, 0.2) is 66.9 Å². The summed E-state index contributed by atoms with van der Waals surface area (Å²) in [6, 6.07) is 19.1. The average molecular weight is 432 g/mol. The average Bonchev–Trinajstić information content (AvgIpc) is 3.20. The van der Waals surface area contributed by atoms with Crippen molar-refractivity contribution < 1.29 is 14.3 Å². The highest BCUT2D eigenvalue weighted by Gasteiger charge is 2.38. The van der Waals surface area contributed by atoms with Crippen LogP contribution < -0.4 is 14.4 Å². The van der Waals surface area contributed by atoms with E-state index in [1.165, 1.54) is 11.3 Å². The van der Waals surface area contributed by atoms with Crippen LogP contribution in [0, 0.1) is 6.92 Å². The number of aryl methyl sites for hydroxylation is 1. The quantitative estimate of drug-likeness (QED) is 0.466. The molecule has 0 saturated heterocycles. The van der Waals surface area contributed by atoms with Gasteiger partial charge in [-0.1, -0.05) is 35.6 Å². The van der Waals surface area contributed by atoms with Gasteiger partial charge in [0.25, 0.3) is 5.91 Å². The third kappa shape index (κ3) is 3.84. The van der Waals surface area contributed by atoms with Crippen molar-refractivity contribution in [3.63, 3.8) is 0 Å². The molecule has 1 aliphatic rings. The lowest BCUT2D eigenvalue weighted by Gasteiger charge is -2.33. The van der Waals surface area contributed by atoms with E-state index in [4.69, 9.17) is 14.5 Å². The van der Waals surface area contributed by atoms with Crippen LogP contribution >= 0.6 is 11.3 Å². The molecule has 5 rings (SSSR count). The van der Waals surface area contributed by atoms with E-state index >= 15 is 0 Å². The molecule has 1 aliphatic heterocycles. The van der Waals surface area contributed by atoms with Crippen LogP contribution in [0.3, 0.4) is 0 Å². The minimum absolute atomic E-state index is 0.205. The lowest BCUT2D eigenvalue weighted by atomic mass is 10.1. The van der Waals surface area contributed by atoms with Crippen molar-refractivity contribution in [2.45, 2.75) is 32.6 Å². The standard InChI is InChI=1S/C24H21N3O3S/c1-15-10-11-18-21(13-15)31-24(26-18)27(14-17-7-5-6-12-25-17)23(28)22-16(2)29-19-8-3-4-9-20(19)30-22/h3-13,16,22H,14H2,1-2H3. The van der Waals surface area contributed by atoms with Crippen LogP contribution in [-0.2, 0) is 11.3 Å². The molecule has 2 atom stereocenters. The van der Waals surface area contributed by atoms with Gasteiger partial charge >= 0.3 is 0 Å². The van der Waals surface area contributed by atoms with Crippen LogP contribution in [0.1, 0.15) is 18.2 Å². The zero-order valence-electron chi connectivity index (χ0n) is 17.2. The lowest BCUT2D eigenvalue weighted by molar-refractivity contribution is -0.130. The Hall–Kier alpha value is -3.45. The number of nitrogens with zero attached hydrogens (tertiary/aromatic N) is 3. The molecule has 7 heteroatoms. The van der Waals surface area contributed by atoms with Gasteiger partial charge < -0.3 is 9.47 Å². The van der Waals surface area contributed by atoms with E-state index in [1.54, 1.807) is 11.1 Å². The summed E-state index contributed by atoms with van der Waals surface area (Å²) in [7, 11) is 0. The Kier molecular flexibility index (Phi) is 5.03. The van der Waals surface area contributed by atoms with Crippen molar-refractivity contribution in [1.82, 2.24) is 9.97 Å². The van der Waals surface area contributed by atoms with E-state index < -0.39 is 12.2 Å². The Bertz CT molecular complexity index is 1240. The van der Waals surface area contributed by atoms with Gasteiger partial charge in [0.15, 0.2) is 16.6 Å². The molecular formula is C24H21N3O3S. The fourth-order valence-electron chi connectivity index (χ4n) is 3.57. The summed E-state index contributed by atoms with van der Waals surface area (Å²) in [6.45, 7) is 4.19. The molecule has 3 heterocycles. The van der Waals surface area contributed by atoms with Crippen LogP contribution in [0.2, 0.25) is 0 Å². The van der Waals surface area contributed by atoms with Gasteiger partial charge in [-0.2, -0.15) is 0 Å². The van der Waals surface area contributed by atoms with Gasteiger partial charge in [0.05, 0.1) is 22.5 Å². The molecule has 6 nitrogen and oxygen atoms in total. The van der Waals surface area contributed by atoms with Gasteiger partial charge in [-0.05, 0) is 55.8 Å². The molecule has 156 valence electrons. The highest BCUT2D eigenvalue weighted by Crippen LogP contribution is 2.36. The van der Waals surface area contributed by atoms with Gasteiger partial charge in [-0.15, -0.1) is 0 Å². The van der Waals surface area contributed by atoms with Crippen LogP contribution in [-0.4, -0.2) is 28.1 Å². The number of hydrogen-bond acceptors (Lipinski definition) is 6. The molecule has 4 aromatic rings. The Labute approximate surface area is 184 Å². The van der Waals surface area contributed by atoms with E-state index in [-0.39, 0.29) is 5.91 Å². The first kappa shape index (κ1) is 19.5. The SMILES string of the molecule is Cc1ccc2nc(N(Cc3ccccn3)C(=O)C3Oc4ccccc4OC3C)sc2c1. The molecule has 0 spiro atoms. The van der Waals surface area contributed by atoms with Crippen molar-refractivity contribution in [1.29, 1.82) is 0 Å². The molecule has 0 fully saturated rings. The van der Waals surface area contributed by atoms with Crippen molar-refractivity contribution >= 4 is 32.6 Å². The zero-order valence-corrected chi connectivity index (χ0v) is 18.0. The number of ether oxygens (including phenoxy) is 2. The molecule has 31 heavy (non-hydrogen) atoms. The highest BCUT2D eigenvalue weighted by atomic mass is 32.1. The number of amides is 1. The maximum atomic E-state index is 13.7. The van der Waals surface area contributed by atoms with Crippen molar-refractivity contribution in [2.24, 2.45) is 0 Å². The number of rotatable bonds is 4. The first-order chi connectivity index (χ1) is 15.1. The first-order valence-electron chi connectivity index (χ1n) is 10.1. The fourth-order valence-corrected chi connectivity index (χ4v) is 4.64. The molecule has 0 N–H and O–H groups in total. The summed E-state index contributed by atoms with van der Waals surface area (Å²) in [5.74, 6) is 1.01. The molecule has 0 radical (unpaired) electrons. The third-order valence-corrected chi connectivity index (χ3v) is 6.20. The van der Waals surface area contributed by atoms with Gasteiger partial charge in [0.1, 0.15) is 6.10 Å². The summed E-state index contributed by atoms with van der Waals surface area (Å²) in [5, 5.41) is 0.617. The zero-order chi connectivity index (χ0) is 21.4. The third-order valence-electron chi connectivity index (χ3n) is 5.16. The monoisotopic (exact) mass is 431 g/mol. The molecule has 0 bridgehead atoms. The second-order valence-corrected chi connectivity index (χ2v) is 8.53. The van der Waals surface area contributed by atoms with Crippen molar-refractivity contribution in [3.05, 3.63) is 78.1 Å².